The standard InChI is InChI=1S/C17H16N2O4/c1-4-22-17(21)14-9-18-19-10(2)16(23-11(3)20)13-8-6-5-7-12(13)15(14)19/h5-9H,4H2,1-3H3. The highest BCUT2D eigenvalue weighted by atomic mass is 16.5. The van der Waals surface area contributed by atoms with E-state index in [1.54, 1.807) is 18.4 Å². The molecule has 0 bridgehead atoms. The van der Waals surface area contributed by atoms with E-state index in [0.717, 1.165) is 10.8 Å². The molecule has 0 unspecified atom stereocenters. The van der Waals surface area contributed by atoms with Gasteiger partial charge in [0.15, 0.2) is 5.75 Å². The lowest BCUT2D eigenvalue weighted by Gasteiger charge is -2.13. The molecule has 2 heterocycles. The van der Waals surface area contributed by atoms with Crippen molar-refractivity contribution in [3.63, 3.8) is 0 Å². The van der Waals surface area contributed by atoms with Crippen molar-refractivity contribution < 1.29 is 19.1 Å². The summed E-state index contributed by atoms with van der Waals surface area (Å²) in [5, 5.41) is 5.79. The Morgan fingerprint density at radius 2 is 1.91 bits per heavy atom. The predicted octanol–water partition coefficient (Wildman–Crippen LogP) is 2.90. The quantitative estimate of drug-likeness (QED) is 0.695. The summed E-state index contributed by atoms with van der Waals surface area (Å²) in [4.78, 5) is 23.6. The smallest absolute Gasteiger partial charge is 0.342 e. The van der Waals surface area contributed by atoms with Gasteiger partial charge in [-0.3, -0.25) is 4.79 Å². The Kier molecular flexibility index (Phi) is 3.73. The summed E-state index contributed by atoms with van der Waals surface area (Å²) in [6, 6.07) is 7.42. The number of aromatic nitrogens is 2. The third-order valence-corrected chi connectivity index (χ3v) is 3.58. The van der Waals surface area contributed by atoms with E-state index < -0.39 is 11.9 Å². The Morgan fingerprint density at radius 3 is 2.57 bits per heavy atom. The van der Waals surface area contributed by atoms with Gasteiger partial charge in [-0.05, 0) is 13.8 Å². The highest BCUT2D eigenvalue weighted by Gasteiger charge is 2.21. The fourth-order valence-electron chi connectivity index (χ4n) is 2.67. The van der Waals surface area contributed by atoms with Crippen LogP contribution in [0.25, 0.3) is 16.3 Å². The number of carbonyl (C=O) groups is 2. The van der Waals surface area contributed by atoms with Crippen LogP contribution >= 0.6 is 0 Å². The third kappa shape index (κ3) is 2.42. The van der Waals surface area contributed by atoms with Crippen molar-refractivity contribution in [1.82, 2.24) is 9.61 Å². The lowest BCUT2D eigenvalue weighted by atomic mass is 10.1. The van der Waals surface area contributed by atoms with Crippen molar-refractivity contribution in [3.8, 4) is 5.75 Å². The summed E-state index contributed by atoms with van der Waals surface area (Å²) in [6.45, 7) is 5.19. The van der Waals surface area contributed by atoms with Gasteiger partial charge in [-0.15, -0.1) is 0 Å². The molecule has 0 fully saturated rings. The van der Waals surface area contributed by atoms with Crippen LogP contribution in [0, 0.1) is 6.92 Å². The average molecular weight is 312 g/mol. The molecule has 0 amide bonds. The molecule has 0 aliphatic heterocycles. The maximum atomic E-state index is 12.2. The number of fused-ring (bicyclic) bond motifs is 3. The zero-order valence-electron chi connectivity index (χ0n) is 13.1. The van der Waals surface area contributed by atoms with E-state index in [1.807, 2.05) is 24.3 Å². The minimum absolute atomic E-state index is 0.290. The summed E-state index contributed by atoms with van der Waals surface area (Å²) < 4.78 is 12.1. The van der Waals surface area contributed by atoms with Gasteiger partial charge >= 0.3 is 11.9 Å². The molecule has 6 nitrogen and oxygen atoms in total. The molecule has 0 saturated carbocycles. The Bertz CT molecular complexity index is 927. The summed E-state index contributed by atoms with van der Waals surface area (Å²) in [5.74, 6) is -0.387. The second-order valence-corrected chi connectivity index (χ2v) is 5.09. The van der Waals surface area contributed by atoms with Crippen molar-refractivity contribution in [3.05, 3.63) is 41.7 Å². The van der Waals surface area contributed by atoms with E-state index >= 15 is 0 Å². The Morgan fingerprint density at radius 1 is 1.22 bits per heavy atom. The number of carbonyl (C=O) groups excluding carboxylic acids is 2. The summed E-state index contributed by atoms with van der Waals surface area (Å²) >= 11 is 0. The molecule has 0 atom stereocenters. The van der Waals surface area contributed by atoms with Crippen molar-refractivity contribution in [2.75, 3.05) is 6.61 Å². The molecule has 0 spiro atoms. The molecule has 118 valence electrons. The second kappa shape index (κ2) is 5.72. The van der Waals surface area contributed by atoms with E-state index in [4.69, 9.17) is 9.47 Å². The first kappa shape index (κ1) is 15.0. The van der Waals surface area contributed by atoms with Crippen LogP contribution in [0.15, 0.2) is 30.5 Å². The monoisotopic (exact) mass is 312 g/mol. The average Bonchev–Trinajstić information content (AvgIpc) is 2.97. The number of hydrogen-bond donors (Lipinski definition) is 0. The summed E-state index contributed by atoms with van der Waals surface area (Å²) in [7, 11) is 0. The van der Waals surface area contributed by atoms with E-state index in [9.17, 15) is 9.59 Å². The van der Waals surface area contributed by atoms with Gasteiger partial charge in [-0.1, -0.05) is 24.3 Å². The number of nitrogens with zero attached hydrogens (tertiary/aromatic N) is 2. The molecule has 6 heteroatoms. The van der Waals surface area contributed by atoms with Gasteiger partial charge in [-0.2, -0.15) is 5.10 Å². The van der Waals surface area contributed by atoms with Crippen LogP contribution in [0.3, 0.4) is 0 Å². The van der Waals surface area contributed by atoms with Crippen molar-refractivity contribution in [2.24, 2.45) is 0 Å². The molecule has 3 aromatic rings. The van der Waals surface area contributed by atoms with Gasteiger partial charge in [0.05, 0.1) is 24.0 Å². The molecular weight excluding hydrogens is 296 g/mol. The van der Waals surface area contributed by atoms with E-state index in [0.29, 0.717) is 29.1 Å². The zero-order chi connectivity index (χ0) is 16.6. The van der Waals surface area contributed by atoms with E-state index in [2.05, 4.69) is 5.10 Å². The van der Waals surface area contributed by atoms with Gasteiger partial charge < -0.3 is 9.47 Å². The van der Waals surface area contributed by atoms with Gasteiger partial charge in [-0.25, -0.2) is 9.31 Å². The van der Waals surface area contributed by atoms with Crippen molar-refractivity contribution in [1.29, 1.82) is 0 Å². The number of ether oxygens (including phenoxy) is 2. The molecule has 0 radical (unpaired) electrons. The number of hydrogen-bond acceptors (Lipinski definition) is 5. The Labute approximate surface area is 132 Å². The van der Waals surface area contributed by atoms with Crippen LogP contribution in [0.1, 0.15) is 29.9 Å². The molecule has 1 aromatic carbocycles. The largest absolute Gasteiger partial charge is 0.462 e. The van der Waals surface area contributed by atoms with Crippen LogP contribution in [-0.2, 0) is 9.53 Å². The Balaban J connectivity index is 2.39. The Hall–Kier alpha value is -2.89. The molecule has 0 aliphatic rings. The van der Waals surface area contributed by atoms with Gasteiger partial charge in [0, 0.05) is 17.7 Å². The van der Waals surface area contributed by atoms with Crippen LogP contribution in [0.2, 0.25) is 0 Å². The highest BCUT2D eigenvalue weighted by molar-refractivity contribution is 6.09. The van der Waals surface area contributed by atoms with Gasteiger partial charge in [0.2, 0.25) is 0 Å². The number of esters is 2. The molecular formula is C17H16N2O4. The fourth-order valence-corrected chi connectivity index (χ4v) is 2.67. The number of benzene rings is 1. The van der Waals surface area contributed by atoms with E-state index in [-0.39, 0.29) is 0 Å². The predicted molar refractivity (Wildman–Crippen MR) is 84.7 cm³/mol. The van der Waals surface area contributed by atoms with Gasteiger partial charge in [0.1, 0.15) is 5.56 Å². The first-order chi connectivity index (χ1) is 11.0. The topological polar surface area (TPSA) is 69.9 Å². The highest BCUT2D eigenvalue weighted by Crippen LogP contribution is 2.34. The lowest BCUT2D eigenvalue weighted by molar-refractivity contribution is -0.131. The molecule has 0 saturated heterocycles. The molecule has 0 aliphatic carbocycles. The minimum atomic E-state index is -0.424. The molecule has 0 N–H and O–H groups in total. The van der Waals surface area contributed by atoms with Crippen molar-refractivity contribution in [2.45, 2.75) is 20.8 Å². The summed E-state index contributed by atoms with van der Waals surface area (Å²) in [5.41, 5.74) is 1.68. The van der Waals surface area contributed by atoms with Crippen LogP contribution in [-0.4, -0.2) is 28.2 Å². The zero-order valence-corrected chi connectivity index (χ0v) is 13.1. The second-order valence-electron chi connectivity index (χ2n) is 5.09. The van der Waals surface area contributed by atoms with Gasteiger partial charge in [0.25, 0.3) is 0 Å². The number of rotatable bonds is 3. The van der Waals surface area contributed by atoms with Crippen LogP contribution < -0.4 is 4.74 Å². The number of aryl methyl sites for hydroxylation is 1. The SMILES string of the molecule is CCOC(=O)c1cnn2c(C)c(OC(C)=O)c3ccccc3c12. The fraction of sp³-hybridized carbons (Fsp3) is 0.235. The van der Waals surface area contributed by atoms with Crippen molar-refractivity contribution >= 4 is 28.2 Å². The number of pyridine rings is 1. The minimum Gasteiger partial charge on any atom is -0.462 e. The molecule has 23 heavy (non-hydrogen) atoms. The first-order valence-corrected chi connectivity index (χ1v) is 7.29. The van der Waals surface area contributed by atoms with Crippen LogP contribution in [0.4, 0.5) is 0 Å². The van der Waals surface area contributed by atoms with Crippen LogP contribution in [0.5, 0.6) is 5.75 Å². The maximum Gasteiger partial charge on any atom is 0.342 e. The molecule has 3 rings (SSSR count). The first-order valence-electron chi connectivity index (χ1n) is 7.29. The summed E-state index contributed by atoms with van der Waals surface area (Å²) in [6.07, 6.45) is 1.48. The molecule has 2 aromatic heterocycles. The van der Waals surface area contributed by atoms with E-state index in [1.165, 1.54) is 13.1 Å². The maximum absolute atomic E-state index is 12.2. The lowest BCUT2D eigenvalue weighted by Crippen LogP contribution is -2.08. The normalized spacial score (nSPS) is 10.9. The third-order valence-electron chi connectivity index (χ3n) is 3.58.